The van der Waals surface area contributed by atoms with Crippen LogP contribution in [0, 0.1) is 5.41 Å². The maximum Gasteiger partial charge on any atom is 0.333 e. The van der Waals surface area contributed by atoms with Crippen molar-refractivity contribution < 1.29 is 14.3 Å². The molecule has 1 atom stereocenters. The van der Waals surface area contributed by atoms with Crippen molar-refractivity contribution in [2.45, 2.75) is 45.4 Å². The van der Waals surface area contributed by atoms with Crippen molar-refractivity contribution in [3.05, 3.63) is 11.1 Å². The molecular weight excluding hydrogens is 204 g/mol. The van der Waals surface area contributed by atoms with Crippen LogP contribution in [0.25, 0.3) is 0 Å². The number of ketones is 1. The number of hydrogen-bond donors (Lipinski definition) is 0. The van der Waals surface area contributed by atoms with Crippen LogP contribution in [0.3, 0.4) is 0 Å². The summed E-state index contributed by atoms with van der Waals surface area (Å²) in [6.45, 7) is 1.99. The van der Waals surface area contributed by atoms with Crippen molar-refractivity contribution in [1.29, 1.82) is 0 Å². The summed E-state index contributed by atoms with van der Waals surface area (Å²) in [5.74, 6) is 0.0606. The minimum Gasteiger partial charge on any atom is -0.466 e. The van der Waals surface area contributed by atoms with Gasteiger partial charge in [0.25, 0.3) is 0 Å². The summed E-state index contributed by atoms with van der Waals surface area (Å²) in [6, 6.07) is 0. The molecule has 3 nitrogen and oxygen atoms in total. The van der Waals surface area contributed by atoms with Gasteiger partial charge in [-0.05, 0) is 44.6 Å². The summed E-state index contributed by atoms with van der Waals surface area (Å²) in [4.78, 5) is 23.7. The van der Waals surface area contributed by atoms with E-state index < -0.39 is 0 Å². The van der Waals surface area contributed by atoms with E-state index in [1.54, 1.807) is 0 Å². The van der Waals surface area contributed by atoms with Crippen LogP contribution in [0.4, 0.5) is 0 Å². The van der Waals surface area contributed by atoms with E-state index >= 15 is 0 Å². The highest BCUT2D eigenvalue weighted by Crippen LogP contribution is 2.47. The molecule has 1 saturated carbocycles. The Balaban J connectivity index is 2.45. The van der Waals surface area contributed by atoms with Crippen LogP contribution >= 0.6 is 0 Å². The van der Waals surface area contributed by atoms with Gasteiger partial charge in [0.2, 0.25) is 0 Å². The van der Waals surface area contributed by atoms with Gasteiger partial charge in [0.15, 0.2) is 0 Å². The number of ether oxygens (including phenoxy) is 1. The van der Waals surface area contributed by atoms with Crippen molar-refractivity contribution in [2.24, 2.45) is 5.41 Å². The van der Waals surface area contributed by atoms with Crippen LogP contribution in [0.15, 0.2) is 11.1 Å². The van der Waals surface area contributed by atoms with Crippen LogP contribution < -0.4 is 0 Å². The summed E-state index contributed by atoms with van der Waals surface area (Å²) in [6.07, 6.45) is 4.99. The molecule has 0 unspecified atom stereocenters. The average Bonchev–Trinajstić information content (AvgIpc) is 2.29. The fraction of sp³-hybridized carbons (Fsp3) is 0.692. The van der Waals surface area contributed by atoms with E-state index in [0.29, 0.717) is 12.2 Å². The molecule has 0 aromatic carbocycles. The van der Waals surface area contributed by atoms with Crippen LogP contribution in [-0.4, -0.2) is 18.9 Å². The van der Waals surface area contributed by atoms with E-state index in [1.165, 1.54) is 7.11 Å². The Hall–Kier alpha value is -1.12. The van der Waals surface area contributed by atoms with Gasteiger partial charge >= 0.3 is 5.97 Å². The molecule has 0 aliphatic heterocycles. The standard InChI is InChI=1S/C13H18O3/c1-13-8-4-5-9(12(15)16-2)10(13)6-3-7-11(13)14/h3-8H2,1-2H3/t13-/m0/s1. The lowest BCUT2D eigenvalue weighted by atomic mass is 9.63. The molecule has 2 aliphatic carbocycles. The van der Waals surface area contributed by atoms with Gasteiger partial charge in [-0.2, -0.15) is 0 Å². The second-order valence-electron chi connectivity index (χ2n) is 4.91. The molecule has 16 heavy (non-hydrogen) atoms. The summed E-state index contributed by atoms with van der Waals surface area (Å²) in [7, 11) is 1.41. The molecule has 3 heteroatoms. The second-order valence-corrected chi connectivity index (χ2v) is 4.91. The Bertz CT molecular complexity index is 367. The number of Topliss-reactive ketones (excluding diaryl/α,β-unsaturated/α-hetero) is 1. The highest BCUT2D eigenvalue weighted by Gasteiger charge is 2.43. The Labute approximate surface area is 95.9 Å². The summed E-state index contributed by atoms with van der Waals surface area (Å²) >= 11 is 0. The molecule has 2 aliphatic rings. The third-order valence-electron chi connectivity index (χ3n) is 4.01. The molecule has 0 amide bonds. The number of carbonyl (C=O) groups excluding carboxylic acids is 2. The summed E-state index contributed by atoms with van der Waals surface area (Å²) < 4.78 is 4.81. The number of hydrogen-bond acceptors (Lipinski definition) is 3. The lowest BCUT2D eigenvalue weighted by Crippen LogP contribution is -2.37. The Morgan fingerprint density at radius 1 is 1.25 bits per heavy atom. The molecule has 0 aromatic heterocycles. The zero-order chi connectivity index (χ0) is 11.8. The van der Waals surface area contributed by atoms with Gasteiger partial charge < -0.3 is 4.74 Å². The molecule has 0 radical (unpaired) electrons. The Kier molecular flexibility index (Phi) is 2.87. The topological polar surface area (TPSA) is 43.4 Å². The van der Waals surface area contributed by atoms with Gasteiger partial charge in [0.05, 0.1) is 7.11 Å². The van der Waals surface area contributed by atoms with Gasteiger partial charge in [-0.25, -0.2) is 4.79 Å². The Morgan fingerprint density at radius 2 is 2.00 bits per heavy atom. The molecule has 2 rings (SSSR count). The van der Waals surface area contributed by atoms with Gasteiger partial charge in [-0.1, -0.05) is 0 Å². The first-order valence-corrected chi connectivity index (χ1v) is 5.93. The quantitative estimate of drug-likeness (QED) is 0.640. The zero-order valence-corrected chi connectivity index (χ0v) is 9.97. The average molecular weight is 222 g/mol. The molecular formula is C13H18O3. The van der Waals surface area contributed by atoms with E-state index in [9.17, 15) is 9.59 Å². The molecule has 0 spiro atoms. The first-order valence-electron chi connectivity index (χ1n) is 5.93. The molecule has 0 N–H and O–H groups in total. The first-order chi connectivity index (χ1) is 7.59. The van der Waals surface area contributed by atoms with Crippen molar-refractivity contribution in [1.82, 2.24) is 0 Å². The van der Waals surface area contributed by atoms with Gasteiger partial charge in [0, 0.05) is 17.4 Å². The first kappa shape index (κ1) is 11.4. The van der Waals surface area contributed by atoms with E-state index in [0.717, 1.165) is 43.3 Å². The van der Waals surface area contributed by atoms with Gasteiger partial charge in [-0.3, -0.25) is 4.79 Å². The lowest BCUT2D eigenvalue weighted by Gasteiger charge is -2.39. The zero-order valence-electron chi connectivity index (χ0n) is 9.97. The van der Waals surface area contributed by atoms with Crippen molar-refractivity contribution in [2.75, 3.05) is 7.11 Å². The molecule has 1 fully saturated rings. The number of allylic oxidation sites excluding steroid dienone is 1. The monoisotopic (exact) mass is 222 g/mol. The summed E-state index contributed by atoms with van der Waals surface area (Å²) in [5.41, 5.74) is 1.45. The number of fused-ring (bicyclic) bond motifs is 1. The molecule has 0 saturated heterocycles. The third-order valence-corrected chi connectivity index (χ3v) is 4.01. The highest BCUT2D eigenvalue weighted by molar-refractivity contribution is 5.95. The fourth-order valence-electron chi connectivity index (χ4n) is 3.04. The van der Waals surface area contributed by atoms with Crippen LogP contribution in [-0.2, 0) is 14.3 Å². The van der Waals surface area contributed by atoms with Crippen LogP contribution in [0.2, 0.25) is 0 Å². The fourth-order valence-corrected chi connectivity index (χ4v) is 3.04. The number of rotatable bonds is 1. The second kappa shape index (κ2) is 4.04. The van der Waals surface area contributed by atoms with Crippen molar-refractivity contribution in [3.63, 3.8) is 0 Å². The maximum absolute atomic E-state index is 12.0. The molecule has 0 aromatic rings. The smallest absolute Gasteiger partial charge is 0.333 e. The predicted octanol–water partition coefficient (Wildman–Crippen LogP) is 2.40. The van der Waals surface area contributed by atoms with E-state index in [2.05, 4.69) is 0 Å². The minimum absolute atomic E-state index is 0.240. The van der Waals surface area contributed by atoms with E-state index in [1.807, 2.05) is 6.92 Å². The normalized spacial score (nSPS) is 30.0. The minimum atomic E-state index is -0.375. The predicted molar refractivity (Wildman–Crippen MR) is 59.9 cm³/mol. The number of carbonyl (C=O) groups is 2. The Morgan fingerprint density at radius 3 is 2.69 bits per heavy atom. The highest BCUT2D eigenvalue weighted by atomic mass is 16.5. The number of esters is 1. The third kappa shape index (κ3) is 1.58. The molecule has 88 valence electrons. The molecule has 0 bridgehead atoms. The number of methoxy groups -OCH3 is 1. The lowest BCUT2D eigenvalue weighted by molar-refractivity contribution is -0.136. The summed E-state index contributed by atoms with van der Waals surface area (Å²) in [5, 5.41) is 0. The van der Waals surface area contributed by atoms with Crippen molar-refractivity contribution in [3.8, 4) is 0 Å². The van der Waals surface area contributed by atoms with Crippen LogP contribution in [0.5, 0.6) is 0 Å². The van der Waals surface area contributed by atoms with Gasteiger partial charge in [0.1, 0.15) is 5.78 Å². The molecule has 0 heterocycles. The van der Waals surface area contributed by atoms with E-state index in [-0.39, 0.29) is 11.4 Å². The SMILES string of the molecule is COC(=O)C1=C2CCCC(=O)[C@@]2(C)CCC1. The van der Waals surface area contributed by atoms with Crippen LogP contribution in [0.1, 0.15) is 45.4 Å². The van der Waals surface area contributed by atoms with Gasteiger partial charge in [-0.15, -0.1) is 0 Å². The largest absolute Gasteiger partial charge is 0.466 e. The van der Waals surface area contributed by atoms with E-state index in [4.69, 9.17) is 4.74 Å². The maximum atomic E-state index is 12.0. The van der Waals surface area contributed by atoms with Crippen molar-refractivity contribution >= 4 is 11.8 Å².